The molecule has 0 saturated carbocycles. The van der Waals surface area contributed by atoms with Crippen LogP contribution in [0.4, 0.5) is 5.69 Å². The molecule has 0 heterocycles. The topological polar surface area (TPSA) is 159 Å². The summed E-state index contributed by atoms with van der Waals surface area (Å²) in [7, 11) is -3.73. The molecule has 10 heteroatoms. The van der Waals surface area contributed by atoms with E-state index in [2.05, 4.69) is 10.6 Å². The second-order valence-corrected chi connectivity index (χ2v) is 8.92. The Morgan fingerprint density at radius 2 is 1.77 bits per heavy atom. The van der Waals surface area contributed by atoms with E-state index in [9.17, 15) is 22.8 Å². The van der Waals surface area contributed by atoms with Gasteiger partial charge in [-0.25, -0.2) is 8.42 Å². The predicted octanol–water partition coefficient (Wildman–Crippen LogP) is 0.985. The van der Waals surface area contributed by atoms with Gasteiger partial charge in [0.1, 0.15) is 6.54 Å². The van der Waals surface area contributed by atoms with Crippen molar-refractivity contribution in [1.82, 2.24) is 5.32 Å². The summed E-state index contributed by atoms with van der Waals surface area (Å²) in [6.07, 6.45) is -0.425. The van der Waals surface area contributed by atoms with Gasteiger partial charge in [-0.2, -0.15) is 5.26 Å². The van der Waals surface area contributed by atoms with E-state index >= 15 is 0 Å². The summed E-state index contributed by atoms with van der Waals surface area (Å²) in [4.78, 5) is 36.1. The normalized spacial score (nSPS) is 11.7. The summed E-state index contributed by atoms with van der Waals surface area (Å²) in [6.45, 7) is -0.309. The Morgan fingerprint density at radius 3 is 2.42 bits per heavy atom. The van der Waals surface area contributed by atoms with Crippen LogP contribution in [0.5, 0.6) is 0 Å². The van der Waals surface area contributed by atoms with E-state index in [0.717, 1.165) is 0 Å². The molecule has 0 bridgehead atoms. The smallest absolute Gasteiger partial charge is 0.248 e. The molecule has 0 radical (unpaired) electrons. The maximum Gasteiger partial charge on any atom is 0.248 e. The molecule has 0 saturated heterocycles. The van der Waals surface area contributed by atoms with Gasteiger partial charge in [0.2, 0.25) is 17.7 Å². The van der Waals surface area contributed by atoms with Crippen molar-refractivity contribution >= 4 is 33.2 Å². The molecule has 4 N–H and O–H groups in total. The van der Waals surface area contributed by atoms with E-state index in [1.807, 2.05) is 0 Å². The average molecular weight is 442 g/mol. The molecule has 31 heavy (non-hydrogen) atoms. The molecule has 0 spiro atoms. The van der Waals surface area contributed by atoms with Gasteiger partial charge in [-0.05, 0) is 23.8 Å². The van der Waals surface area contributed by atoms with Gasteiger partial charge in [0.25, 0.3) is 0 Å². The van der Waals surface area contributed by atoms with Gasteiger partial charge in [0.15, 0.2) is 9.84 Å². The van der Waals surface area contributed by atoms with Gasteiger partial charge >= 0.3 is 0 Å². The lowest BCUT2D eigenvalue weighted by atomic mass is 10.1. The number of nitriles is 1. The molecule has 1 atom stereocenters. The maximum absolute atomic E-state index is 12.6. The Kier molecular flexibility index (Phi) is 8.28. The van der Waals surface area contributed by atoms with E-state index in [4.69, 9.17) is 11.0 Å². The van der Waals surface area contributed by atoms with Crippen molar-refractivity contribution in [2.75, 3.05) is 17.6 Å². The number of nitrogens with zero attached hydrogens (tertiary/aromatic N) is 1. The molecule has 9 nitrogen and oxygen atoms in total. The summed E-state index contributed by atoms with van der Waals surface area (Å²) >= 11 is 0. The first-order chi connectivity index (χ1) is 14.7. The van der Waals surface area contributed by atoms with Crippen LogP contribution < -0.4 is 16.4 Å². The lowest BCUT2D eigenvalue weighted by molar-refractivity contribution is -0.127. The Morgan fingerprint density at radius 1 is 1.06 bits per heavy atom. The Labute approximate surface area is 180 Å². The van der Waals surface area contributed by atoms with E-state index in [1.165, 1.54) is 24.3 Å². The molecule has 2 rings (SSSR count). The molecule has 3 amide bonds. The molecule has 162 valence electrons. The van der Waals surface area contributed by atoms with Gasteiger partial charge in [0.05, 0.1) is 23.5 Å². The number of hydrogen-bond acceptors (Lipinski definition) is 6. The predicted molar refractivity (Wildman–Crippen MR) is 114 cm³/mol. The van der Waals surface area contributed by atoms with Crippen LogP contribution in [-0.4, -0.2) is 38.4 Å². The minimum Gasteiger partial charge on any atom is -0.366 e. The van der Waals surface area contributed by atoms with Crippen LogP contribution in [0, 0.1) is 17.2 Å². The zero-order chi connectivity index (χ0) is 22.9. The molecule has 0 fully saturated rings. The zero-order valence-electron chi connectivity index (χ0n) is 16.6. The van der Waals surface area contributed by atoms with E-state index < -0.39 is 45.7 Å². The lowest BCUT2D eigenvalue weighted by Crippen LogP contribution is -2.37. The fraction of sp³-hybridized carbons (Fsp3) is 0.238. The second-order valence-electron chi connectivity index (χ2n) is 6.81. The van der Waals surface area contributed by atoms with Gasteiger partial charge in [-0.1, -0.05) is 36.4 Å². The summed E-state index contributed by atoms with van der Waals surface area (Å²) in [6, 6.07) is 16.1. The number of nitrogens with one attached hydrogen (secondary N) is 2. The number of nitrogens with two attached hydrogens (primary N) is 1. The summed E-state index contributed by atoms with van der Waals surface area (Å²) < 4.78 is 25.2. The van der Waals surface area contributed by atoms with Crippen LogP contribution in [0.25, 0.3) is 0 Å². The van der Waals surface area contributed by atoms with Gasteiger partial charge < -0.3 is 16.4 Å². The highest BCUT2D eigenvalue weighted by molar-refractivity contribution is 7.90. The monoisotopic (exact) mass is 442 g/mol. The van der Waals surface area contributed by atoms with Crippen molar-refractivity contribution in [2.45, 2.75) is 12.2 Å². The quantitative estimate of drug-likeness (QED) is 0.465. The van der Waals surface area contributed by atoms with Crippen LogP contribution in [0.3, 0.4) is 0 Å². The maximum atomic E-state index is 12.6. The number of primary amides is 1. The Bertz CT molecular complexity index is 1090. The molecule has 2 aromatic carbocycles. The zero-order valence-corrected chi connectivity index (χ0v) is 17.4. The number of carbonyl (C=O) groups is 3. The van der Waals surface area contributed by atoms with Crippen LogP contribution in [0.2, 0.25) is 0 Å². The van der Waals surface area contributed by atoms with E-state index in [1.54, 1.807) is 36.4 Å². The lowest BCUT2D eigenvalue weighted by Gasteiger charge is -2.16. The van der Waals surface area contributed by atoms with Crippen molar-refractivity contribution < 1.29 is 22.8 Å². The standard InChI is InChI=1S/C21H22N4O5S/c22-9-10-24-21(28)17(14-31(29,30)13-15-5-2-1-3-6-15)12-19(26)25-18-8-4-7-16(11-18)20(23)27/h1-8,11,17H,10,12-14H2,(H2,23,27)(H,24,28)(H,25,26). The first-order valence-electron chi connectivity index (χ1n) is 9.29. The van der Waals surface area contributed by atoms with Crippen LogP contribution in [0.15, 0.2) is 54.6 Å². The van der Waals surface area contributed by atoms with Crippen molar-refractivity contribution in [2.24, 2.45) is 11.7 Å². The molecular formula is C21H22N4O5S. The average Bonchev–Trinajstić information content (AvgIpc) is 2.71. The SMILES string of the molecule is N#CCNC(=O)C(CC(=O)Nc1cccc(C(N)=O)c1)CS(=O)(=O)Cc1ccccc1. The molecule has 2 aromatic rings. The first kappa shape index (κ1) is 23.6. The highest BCUT2D eigenvalue weighted by Crippen LogP contribution is 2.16. The van der Waals surface area contributed by atoms with Crippen LogP contribution >= 0.6 is 0 Å². The Balaban J connectivity index is 2.12. The fourth-order valence-corrected chi connectivity index (χ4v) is 4.58. The third kappa shape index (κ3) is 7.91. The summed E-state index contributed by atoms with van der Waals surface area (Å²) in [5.74, 6) is -4.03. The molecule has 0 aliphatic heterocycles. The van der Waals surface area contributed by atoms with Crippen molar-refractivity contribution in [1.29, 1.82) is 5.26 Å². The summed E-state index contributed by atoms with van der Waals surface area (Å²) in [5, 5.41) is 13.5. The molecule has 0 aliphatic carbocycles. The largest absolute Gasteiger partial charge is 0.366 e. The van der Waals surface area contributed by atoms with Crippen molar-refractivity contribution in [3.63, 3.8) is 0 Å². The van der Waals surface area contributed by atoms with Crippen molar-refractivity contribution in [3.05, 3.63) is 65.7 Å². The number of hydrogen-bond donors (Lipinski definition) is 3. The number of anilines is 1. The minimum atomic E-state index is -3.73. The first-order valence-corrected chi connectivity index (χ1v) is 11.1. The number of amides is 3. The van der Waals surface area contributed by atoms with Gasteiger partial charge in [-0.3, -0.25) is 14.4 Å². The number of carbonyl (C=O) groups excluding carboxylic acids is 3. The summed E-state index contributed by atoms with van der Waals surface area (Å²) in [5.41, 5.74) is 6.25. The minimum absolute atomic E-state index is 0.187. The molecule has 0 aliphatic rings. The van der Waals surface area contributed by atoms with Gasteiger partial charge in [-0.15, -0.1) is 0 Å². The third-order valence-electron chi connectivity index (χ3n) is 4.26. The second kappa shape index (κ2) is 10.9. The molecule has 1 unspecified atom stereocenters. The van der Waals surface area contributed by atoms with Crippen LogP contribution in [-0.2, 0) is 25.2 Å². The number of benzene rings is 2. The number of sulfone groups is 1. The van der Waals surface area contributed by atoms with E-state index in [0.29, 0.717) is 5.56 Å². The molecule has 0 aromatic heterocycles. The Hall–Kier alpha value is -3.71. The highest BCUT2D eigenvalue weighted by Gasteiger charge is 2.28. The third-order valence-corrected chi connectivity index (χ3v) is 5.94. The van der Waals surface area contributed by atoms with E-state index in [-0.39, 0.29) is 23.5 Å². The van der Waals surface area contributed by atoms with Crippen molar-refractivity contribution in [3.8, 4) is 6.07 Å². The highest BCUT2D eigenvalue weighted by atomic mass is 32.2. The van der Waals surface area contributed by atoms with Crippen LogP contribution in [0.1, 0.15) is 22.3 Å². The van der Waals surface area contributed by atoms with Gasteiger partial charge in [0, 0.05) is 17.7 Å². The number of rotatable bonds is 10. The fourth-order valence-electron chi connectivity index (χ4n) is 2.88. The molecular weight excluding hydrogens is 420 g/mol.